The summed E-state index contributed by atoms with van der Waals surface area (Å²) >= 11 is 0. The van der Waals surface area contributed by atoms with Gasteiger partial charge in [-0.1, -0.05) is 24.3 Å². The first kappa shape index (κ1) is 12.9. The van der Waals surface area contributed by atoms with Crippen LogP contribution in [0.4, 0.5) is 0 Å². The van der Waals surface area contributed by atoms with Crippen LogP contribution < -0.4 is 5.32 Å². The van der Waals surface area contributed by atoms with Crippen molar-refractivity contribution < 1.29 is 9.90 Å². The molecule has 1 heterocycles. The van der Waals surface area contributed by atoms with E-state index in [9.17, 15) is 4.79 Å². The molecule has 1 aliphatic carbocycles. The van der Waals surface area contributed by atoms with E-state index in [0.29, 0.717) is 18.3 Å². The van der Waals surface area contributed by atoms with Gasteiger partial charge < -0.3 is 10.4 Å². The molecule has 5 nitrogen and oxygen atoms in total. The maximum atomic E-state index is 11.1. The van der Waals surface area contributed by atoms with E-state index in [2.05, 4.69) is 34.7 Å². The fourth-order valence-corrected chi connectivity index (χ4v) is 2.80. The molecule has 0 spiro atoms. The summed E-state index contributed by atoms with van der Waals surface area (Å²) in [5.74, 6) is -0.926. The summed E-state index contributed by atoms with van der Waals surface area (Å²) in [5.41, 5.74) is 3.76. The fourth-order valence-electron chi connectivity index (χ4n) is 2.80. The van der Waals surface area contributed by atoms with Crippen molar-refractivity contribution in [2.75, 3.05) is 0 Å². The van der Waals surface area contributed by atoms with Gasteiger partial charge in [0, 0.05) is 19.6 Å². The number of hydrogen-bond acceptors (Lipinski definition) is 3. The lowest BCUT2D eigenvalue weighted by Gasteiger charge is -2.12. The molecular formula is C15H17N3O2. The predicted molar refractivity (Wildman–Crippen MR) is 74.6 cm³/mol. The van der Waals surface area contributed by atoms with Crippen LogP contribution in [0.1, 0.15) is 27.2 Å². The molecule has 2 N–H and O–H groups in total. The number of rotatable bonds is 4. The molecule has 2 aromatic rings. The molecule has 1 aromatic carbocycles. The number of fused-ring (bicyclic) bond motifs is 1. The molecule has 5 heteroatoms. The maximum absolute atomic E-state index is 11.1. The molecule has 3 rings (SSSR count). The van der Waals surface area contributed by atoms with E-state index < -0.39 is 5.97 Å². The summed E-state index contributed by atoms with van der Waals surface area (Å²) in [6.07, 6.45) is 3.40. The second-order valence-corrected chi connectivity index (χ2v) is 5.19. The minimum absolute atomic E-state index is 0.274. The zero-order chi connectivity index (χ0) is 14.1. The number of carbonyl (C=O) groups is 1. The van der Waals surface area contributed by atoms with Crippen molar-refractivity contribution in [3.05, 3.63) is 52.8 Å². The Morgan fingerprint density at radius 2 is 2.05 bits per heavy atom. The van der Waals surface area contributed by atoms with Gasteiger partial charge in [-0.05, 0) is 24.0 Å². The van der Waals surface area contributed by atoms with Crippen LogP contribution in [0.5, 0.6) is 0 Å². The van der Waals surface area contributed by atoms with E-state index in [1.807, 2.05) is 0 Å². The van der Waals surface area contributed by atoms with Crippen molar-refractivity contribution in [3.8, 4) is 0 Å². The average molecular weight is 271 g/mol. The minimum atomic E-state index is -0.926. The number of hydrogen-bond donors (Lipinski definition) is 2. The first-order valence-electron chi connectivity index (χ1n) is 6.69. The third kappa shape index (κ3) is 2.32. The van der Waals surface area contributed by atoms with Crippen LogP contribution in [0.3, 0.4) is 0 Å². The molecule has 0 saturated carbocycles. The van der Waals surface area contributed by atoms with Crippen molar-refractivity contribution in [2.24, 2.45) is 7.05 Å². The number of aromatic nitrogens is 2. The number of nitrogens with zero attached hydrogens (tertiary/aromatic N) is 2. The van der Waals surface area contributed by atoms with Crippen molar-refractivity contribution in [2.45, 2.75) is 25.4 Å². The molecule has 1 aliphatic rings. The van der Waals surface area contributed by atoms with Gasteiger partial charge >= 0.3 is 5.97 Å². The van der Waals surface area contributed by atoms with E-state index in [4.69, 9.17) is 5.11 Å². The minimum Gasteiger partial charge on any atom is -0.478 e. The molecule has 20 heavy (non-hydrogen) atoms. The van der Waals surface area contributed by atoms with E-state index in [1.165, 1.54) is 17.3 Å². The molecule has 0 radical (unpaired) electrons. The lowest BCUT2D eigenvalue weighted by atomic mass is 10.1. The van der Waals surface area contributed by atoms with Crippen LogP contribution in [0.2, 0.25) is 0 Å². The molecule has 0 saturated heterocycles. The van der Waals surface area contributed by atoms with Crippen LogP contribution in [-0.4, -0.2) is 26.9 Å². The van der Waals surface area contributed by atoms with Crippen LogP contribution in [0.15, 0.2) is 30.5 Å². The Hall–Kier alpha value is -2.14. The lowest BCUT2D eigenvalue weighted by molar-refractivity contribution is 0.0695. The third-order valence-corrected chi connectivity index (χ3v) is 3.90. The zero-order valence-electron chi connectivity index (χ0n) is 11.3. The predicted octanol–water partition coefficient (Wildman–Crippen LogP) is 1.38. The van der Waals surface area contributed by atoms with Gasteiger partial charge in [0.1, 0.15) is 5.56 Å². The van der Waals surface area contributed by atoms with Gasteiger partial charge in [-0.2, -0.15) is 5.10 Å². The summed E-state index contributed by atoms with van der Waals surface area (Å²) in [6.45, 7) is 0.525. The summed E-state index contributed by atoms with van der Waals surface area (Å²) in [7, 11) is 1.77. The van der Waals surface area contributed by atoms with E-state index in [1.54, 1.807) is 11.7 Å². The Kier molecular flexibility index (Phi) is 3.28. The van der Waals surface area contributed by atoms with Crippen molar-refractivity contribution in [1.29, 1.82) is 0 Å². The van der Waals surface area contributed by atoms with Crippen LogP contribution in [0.25, 0.3) is 0 Å². The Bertz CT molecular complexity index is 623. The Morgan fingerprint density at radius 3 is 2.65 bits per heavy atom. The first-order chi connectivity index (χ1) is 9.65. The average Bonchev–Trinajstić information content (AvgIpc) is 2.99. The van der Waals surface area contributed by atoms with Gasteiger partial charge in [-0.3, -0.25) is 4.68 Å². The molecule has 104 valence electrons. The quantitative estimate of drug-likeness (QED) is 0.881. The summed E-state index contributed by atoms with van der Waals surface area (Å²) < 4.78 is 1.62. The SMILES string of the molecule is Cn1ncc(C(=O)O)c1CNC1Cc2ccccc2C1. The van der Waals surface area contributed by atoms with Gasteiger partial charge in [0.15, 0.2) is 0 Å². The smallest absolute Gasteiger partial charge is 0.339 e. The Morgan fingerprint density at radius 1 is 1.40 bits per heavy atom. The highest BCUT2D eigenvalue weighted by Gasteiger charge is 2.22. The van der Waals surface area contributed by atoms with E-state index in [0.717, 1.165) is 12.8 Å². The highest BCUT2D eigenvalue weighted by Crippen LogP contribution is 2.22. The largest absolute Gasteiger partial charge is 0.478 e. The monoisotopic (exact) mass is 271 g/mol. The van der Waals surface area contributed by atoms with Crippen LogP contribution in [0, 0.1) is 0 Å². The van der Waals surface area contributed by atoms with Crippen molar-refractivity contribution in [1.82, 2.24) is 15.1 Å². The van der Waals surface area contributed by atoms with E-state index in [-0.39, 0.29) is 5.56 Å². The second-order valence-electron chi connectivity index (χ2n) is 5.19. The molecule has 0 atom stereocenters. The van der Waals surface area contributed by atoms with Crippen molar-refractivity contribution in [3.63, 3.8) is 0 Å². The first-order valence-corrected chi connectivity index (χ1v) is 6.69. The highest BCUT2D eigenvalue weighted by molar-refractivity contribution is 5.88. The topological polar surface area (TPSA) is 67.2 Å². The summed E-state index contributed by atoms with van der Waals surface area (Å²) in [4.78, 5) is 11.1. The number of nitrogens with one attached hydrogen (secondary N) is 1. The summed E-state index contributed by atoms with van der Waals surface area (Å²) in [6, 6.07) is 8.80. The Labute approximate surface area is 117 Å². The van der Waals surface area contributed by atoms with Gasteiger partial charge in [0.05, 0.1) is 11.9 Å². The maximum Gasteiger partial charge on any atom is 0.339 e. The fraction of sp³-hybridized carbons (Fsp3) is 0.333. The van der Waals surface area contributed by atoms with Crippen molar-refractivity contribution >= 4 is 5.97 Å². The zero-order valence-corrected chi connectivity index (χ0v) is 11.3. The molecule has 0 aliphatic heterocycles. The lowest BCUT2D eigenvalue weighted by Crippen LogP contribution is -2.30. The molecule has 0 bridgehead atoms. The number of aryl methyl sites for hydroxylation is 1. The number of carboxylic acids is 1. The second kappa shape index (κ2) is 5.09. The molecular weight excluding hydrogens is 254 g/mol. The van der Waals surface area contributed by atoms with Gasteiger partial charge in [-0.15, -0.1) is 0 Å². The van der Waals surface area contributed by atoms with E-state index >= 15 is 0 Å². The molecule has 0 fully saturated rings. The van der Waals surface area contributed by atoms with Gasteiger partial charge in [0.25, 0.3) is 0 Å². The molecule has 0 unspecified atom stereocenters. The van der Waals surface area contributed by atoms with Gasteiger partial charge in [-0.25, -0.2) is 4.79 Å². The van der Waals surface area contributed by atoms with Crippen LogP contribution >= 0.6 is 0 Å². The highest BCUT2D eigenvalue weighted by atomic mass is 16.4. The molecule has 1 aromatic heterocycles. The molecule has 0 amide bonds. The van der Waals surface area contributed by atoms with Gasteiger partial charge in [0.2, 0.25) is 0 Å². The Balaban J connectivity index is 1.67. The number of aromatic carboxylic acids is 1. The summed E-state index contributed by atoms with van der Waals surface area (Å²) in [5, 5.41) is 16.6. The number of carboxylic acid groups (broad SMARTS) is 1. The number of benzene rings is 1. The van der Waals surface area contributed by atoms with Crippen LogP contribution in [-0.2, 0) is 26.4 Å². The third-order valence-electron chi connectivity index (χ3n) is 3.90. The standard InChI is InChI=1S/C15H17N3O2/c1-18-14(13(8-17-18)15(19)20)9-16-12-6-10-4-2-3-5-11(10)7-12/h2-5,8,12,16H,6-7,9H2,1H3,(H,19,20). The normalized spacial score (nSPS) is 14.4.